The minimum absolute atomic E-state index is 0.441. The van der Waals surface area contributed by atoms with Crippen molar-refractivity contribution < 1.29 is 14.2 Å². The number of methoxy groups -OCH3 is 1. The van der Waals surface area contributed by atoms with Crippen LogP contribution in [0.1, 0.15) is 5.56 Å². The molecule has 0 saturated heterocycles. The van der Waals surface area contributed by atoms with Gasteiger partial charge in [0.05, 0.1) is 25.9 Å². The van der Waals surface area contributed by atoms with E-state index in [1.54, 1.807) is 7.11 Å². The summed E-state index contributed by atoms with van der Waals surface area (Å²) in [6, 6.07) is 0. The molecule has 13 heavy (non-hydrogen) atoms. The van der Waals surface area contributed by atoms with Gasteiger partial charge >= 0.3 is 0 Å². The van der Waals surface area contributed by atoms with Gasteiger partial charge in [-0.25, -0.2) is 0 Å². The first kappa shape index (κ1) is 8.69. The Bertz CT molecular complexity index is 306. The van der Waals surface area contributed by atoms with Gasteiger partial charge in [0.2, 0.25) is 5.06 Å². The summed E-state index contributed by atoms with van der Waals surface area (Å²) in [6.07, 6.45) is 0.856. The molecule has 0 spiro atoms. The second-order valence-corrected chi connectivity index (χ2v) is 3.58. The molecule has 1 aliphatic heterocycles. The van der Waals surface area contributed by atoms with E-state index in [9.17, 15) is 0 Å². The SMILES string of the molecule is [CH2]COc1sc2c(OC)c1CCO2. The van der Waals surface area contributed by atoms with Gasteiger partial charge in [-0.2, -0.15) is 0 Å². The van der Waals surface area contributed by atoms with Crippen LogP contribution in [0.15, 0.2) is 0 Å². The third-order valence-electron chi connectivity index (χ3n) is 1.91. The maximum atomic E-state index is 5.42. The van der Waals surface area contributed by atoms with E-state index in [2.05, 4.69) is 6.92 Å². The lowest BCUT2D eigenvalue weighted by atomic mass is 10.2. The highest BCUT2D eigenvalue weighted by Gasteiger charge is 2.25. The molecule has 1 radical (unpaired) electrons. The maximum Gasteiger partial charge on any atom is 0.220 e. The lowest BCUT2D eigenvalue weighted by Gasteiger charge is -2.12. The van der Waals surface area contributed by atoms with Gasteiger partial charge in [-0.15, -0.1) is 0 Å². The van der Waals surface area contributed by atoms with Crippen LogP contribution < -0.4 is 14.2 Å². The molecule has 2 rings (SSSR count). The zero-order valence-electron chi connectivity index (χ0n) is 7.46. The van der Waals surface area contributed by atoms with E-state index in [1.165, 1.54) is 11.3 Å². The fraction of sp³-hybridized carbons (Fsp3) is 0.444. The van der Waals surface area contributed by atoms with E-state index in [1.807, 2.05) is 0 Å². The lowest BCUT2D eigenvalue weighted by Crippen LogP contribution is -2.07. The average molecular weight is 199 g/mol. The molecule has 4 heteroatoms. The molecule has 1 aromatic heterocycles. The molecule has 0 aliphatic carbocycles. The molecule has 0 aromatic carbocycles. The highest BCUT2D eigenvalue weighted by molar-refractivity contribution is 7.16. The smallest absolute Gasteiger partial charge is 0.220 e. The number of rotatable bonds is 3. The first-order valence-corrected chi connectivity index (χ1v) is 4.93. The average Bonchev–Trinajstić information content (AvgIpc) is 2.33. The second kappa shape index (κ2) is 3.46. The highest BCUT2D eigenvalue weighted by Crippen LogP contribution is 2.49. The molecule has 2 bridgehead atoms. The molecule has 0 fully saturated rings. The van der Waals surface area contributed by atoms with Gasteiger partial charge in [0.15, 0.2) is 10.8 Å². The standard InChI is InChI=1S/C9H11O3S/c1-3-11-8-6-4-5-12-9(13-8)7(6)10-2/h1,3-5H2,2H3. The molecule has 71 valence electrons. The van der Waals surface area contributed by atoms with Crippen molar-refractivity contribution >= 4 is 11.3 Å². The van der Waals surface area contributed by atoms with Crippen LogP contribution in [0.4, 0.5) is 0 Å². The van der Waals surface area contributed by atoms with Crippen LogP contribution in [0.2, 0.25) is 0 Å². The molecular formula is C9H11O3S. The highest BCUT2D eigenvalue weighted by atomic mass is 32.1. The number of hydrogen-bond acceptors (Lipinski definition) is 4. The Kier molecular flexibility index (Phi) is 2.31. The van der Waals surface area contributed by atoms with E-state index in [0.717, 1.165) is 27.9 Å². The second-order valence-electron chi connectivity index (χ2n) is 2.64. The maximum absolute atomic E-state index is 5.42. The first-order valence-electron chi connectivity index (χ1n) is 4.11. The predicted molar refractivity (Wildman–Crippen MR) is 50.9 cm³/mol. The van der Waals surface area contributed by atoms with E-state index in [-0.39, 0.29) is 0 Å². The number of hydrogen-bond donors (Lipinski definition) is 0. The Balaban J connectivity index is 2.38. The van der Waals surface area contributed by atoms with Gasteiger partial charge in [-0.1, -0.05) is 11.3 Å². The fourth-order valence-corrected chi connectivity index (χ4v) is 2.45. The minimum atomic E-state index is 0.441. The molecule has 1 aromatic rings. The van der Waals surface area contributed by atoms with Crippen molar-refractivity contribution in [3.8, 4) is 15.9 Å². The summed E-state index contributed by atoms with van der Waals surface area (Å²) < 4.78 is 16.0. The van der Waals surface area contributed by atoms with Gasteiger partial charge in [-0.05, 0) is 6.92 Å². The molecule has 2 heterocycles. The summed E-state index contributed by atoms with van der Waals surface area (Å²) in [7, 11) is 1.65. The molecule has 0 amide bonds. The summed E-state index contributed by atoms with van der Waals surface area (Å²) in [4.78, 5) is 0. The Morgan fingerprint density at radius 1 is 1.62 bits per heavy atom. The normalized spacial score (nSPS) is 13.7. The molecule has 0 unspecified atom stereocenters. The monoisotopic (exact) mass is 199 g/mol. The summed E-state index contributed by atoms with van der Waals surface area (Å²) >= 11 is 1.49. The number of ether oxygens (including phenoxy) is 3. The number of thiophene rings is 1. The molecule has 1 aliphatic rings. The Hall–Kier alpha value is -0.900. The molecule has 0 saturated carbocycles. The van der Waals surface area contributed by atoms with Gasteiger partial charge < -0.3 is 14.2 Å². The van der Waals surface area contributed by atoms with Crippen molar-refractivity contribution in [1.29, 1.82) is 0 Å². The Labute approximate surface area is 81.2 Å². The lowest BCUT2D eigenvalue weighted by molar-refractivity contribution is 0.283. The van der Waals surface area contributed by atoms with Crippen LogP contribution in [-0.4, -0.2) is 20.3 Å². The largest absolute Gasteiger partial charge is 0.492 e. The molecule has 0 N–H and O–H groups in total. The summed E-state index contributed by atoms with van der Waals surface area (Å²) in [6.45, 7) is 4.80. The van der Waals surface area contributed by atoms with Gasteiger partial charge in [0.25, 0.3) is 0 Å². The van der Waals surface area contributed by atoms with Gasteiger partial charge in [0, 0.05) is 6.42 Å². The first-order chi connectivity index (χ1) is 6.36. The number of fused-ring (bicyclic) bond motifs is 2. The Morgan fingerprint density at radius 2 is 2.46 bits per heavy atom. The van der Waals surface area contributed by atoms with Crippen LogP contribution in [0.3, 0.4) is 0 Å². The summed E-state index contributed by atoms with van der Waals surface area (Å²) in [5.41, 5.74) is 1.12. The zero-order chi connectivity index (χ0) is 9.26. The van der Waals surface area contributed by atoms with Crippen molar-refractivity contribution in [3.63, 3.8) is 0 Å². The zero-order valence-corrected chi connectivity index (χ0v) is 8.28. The van der Waals surface area contributed by atoms with E-state index < -0.39 is 0 Å². The van der Waals surface area contributed by atoms with Crippen molar-refractivity contribution in [2.45, 2.75) is 6.42 Å². The third-order valence-corrected chi connectivity index (χ3v) is 2.95. The van der Waals surface area contributed by atoms with E-state index in [0.29, 0.717) is 13.2 Å². The fourth-order valence-electron chi connectivity index (χ4n) is 1.38. The van der Waals surface area contributed by atoms with Crippen LogP contribution in [-0.2, 0) is 6.42 Å². The summed E-state index contributed by atoms with van der Waals surface area (Å²) in [5, 5.41) is 1.71. The van der Waals surface area contributed by atoms with E-state index in [4.69, 9.17) is 14.2 Å². The van der Waals surface area contributed by atoms with Gasteiger partial charge in [0.1, 0.15) is 0 Å². The topological polar surface area (TPSA) is 27.7 Å². The van der Waals surface area contributed by atoms with Crippen LogP contribution >= 0.6 is 11.3 Å². The predicted octanol–water partition coefficient (Wildman–Crippen LogP) is 1.90. The molecular weight excluding hydrogens is 188 g/mol. The van der Waals surface area contributed by atoms with Crippen molar-refractivity contribution in [1.82, 2.24) is 0 Å². The van der Waals surface area contributed by atoms with Crippen LogP contribution in [0.25, 0.3) is 0 Å². The third kappa shape index (κ3) is 1.35. The van der Waals surface area contributed by atoms with Crippen molar-refractivity contribution in [2.75, 3.05) is 20.3 Å². The minimum Gasteiger partial charge on any atom is -0.492 e. The quantitative estimate of drug-likeness (QED) is 0.744. The van der Waals surface area contributed by atoms with Crippen LogP contribution in [0.5, 0.6) is 15.9 Å². The summed E-state index contributed by atoms with van der Waals surface area (Å²) in [5.74, 6) is 0.833. The van der Waals surface area contributed by atoms with Crippen molar-refractivity contribution in [3.05, 3.63) is 12.5 Å². The van der Waals surface area contributed by atoms with Gasteiger partial charge in [-0.3, -0.25) is 0 Å². The van der Waals surface area contributed by atoms with E-state index >= 15 is 0 Å². The van der Waals surface area contributed by atoms with Crippen molar-refractivity contribution in [2.24, 2.45) is 0 Å². The van der Waals surface area contributed by atoms with Crippen LogP contribution in [0, 0.1) is 6.92 Å². The molecule has 0 atom stereocenters. The molecule has 3 nitrogen and oxygen atoms in total. The Morgan fingerprint density at radius 3 is 3.08 bits per heavy atom.